The Morgan fingerprint density at radius 1 is 1.40 bits per heavy atom. The van der Waals surface area contributed by atoms with Crippen molar-refractivity contribution >= 4 is 34.9 Å². The van der Waals surface area contributed by atoms with E-state index in [1.54, 1.807) is 0 Å². The van der Waals surface area contributed by atoms with Crippen LogP contribution in [0.25, 0.3) is 10.9 Å². The van der Waals surface area contributed by atoms with Crippen LogP contribution in [0.15, 0.2) is 24.4 Å². The normalized spacial score (nSPS) is 18.8. The topological polar surface area (TPSA) is 59.0 Å². The second-order valence-corrected chi connectivity index (χ2v) is 7.29. The highest BCUT2D eigenvalue weighted by Crippen LogP contribution is 2.24. The molecular formula is C19H29ClN4O. The number of piperidine rings is 1. The first-order chi connectivity index (χ1) is 11.5. The van der Waals surface area contributed by atoms with Crippen molar-refractivity contribution in [2.75, 3.05) is 18.4 Å². The van der Waals surface area contributed by atoms with Crippen LogP contribution in [-0.2, 0) is 4.79 Å². The molecule has 0 spiro atoms. The lowest BCUT2D eigenvalue weighted by atomic mass is 9.85. The third-order valence-corrected chi connectivity index (χ3v) is 5.02. The van der Waals surface area contributed by atoms with Crippen molar-refractivity contribution < 1.29 is 4.79 Å². The van der Waals surface area contributed by atoms with Crippen LogP contribution < -0.4 is 10.6 Å². The van der Waals surface area contributed by atoms with Gasteiger partial charge in [0.15, 0.2) is 0 Å². The van der Waals surface area contributed by atoms with Gasteiger partial charge in [0, 0.05) is 23.5 Å². The molecule has 1 fully saturated rings. The fourth-order valence-electron chi connectivity index (χ4n) is 3.56. The number of carbonyl (C=O) groups excluding carboxylic acids is 1. The van der Waals surface area contributed by atoms with E-state index in [0.29, 0.717) is 24.3 Å². The van der Waals surface area contributed by atoms with Gasteiger partial charge in [0.1, 0.15) is 0 Å². The van der Waals surface area contributed by atoms with Crippen molar-refractivity contribution in [1.29, 1.82) is 0 Å². The lowest BCUT2D eigenvalue weighted by molar-refractivity contribution is -0.117. The molecule has 2 atom stereocenters. The number of hydrogen-bond donors (Lipinski definition) is 2. The van der Waals surface area contributed by atoms with E-state index in [2.05, 4.69) is 36.5 Å². The molecule has 1 aromatic carbocycles. The molecule has 3 rings (SSSR count). The van der Waals surface area contributed by atoms with Gasteiger partial charge in [0.05, 0.1) is 11.7 Å². The summed E-state index contributed by atoms with van der Waals surface area (Å²) in [5.74, 6) is 1.11. The van der Waals surface area contributed by atoms with E-state index in [9.17, 15) is 4.79 Å². The Balaban J connectivity index is 0.00000225. The van der Waals surface area contributed by atoms with Crippen LogP contribution >= 0.6 is 12.4 Å². The van der Waals surface area contributed by atoms with E-state index in [4.69, 9.17) is 0 Å². The Hall–Kier alpha value is -1.59. The van der Waals surface area contributed by atoms with Gasteiger partial charge in [-0.3, -0.25) is 9.48 Å². The summed E-state index contributed by atoms with van der Waals surface area (Å²) >= 11 is 0. The smallest absolute Gasteiger partial charge is 0.224 e. The zero-order valence-corrected chi connectivity index (χ0v) is 16.1. The van der Waals surface area contributed by atoms with Gasteiger partial charge in [0.2, 0.25) is 5.91 Å². The third kappa shape index (κ3) is 4.73. The first-order valence-corrected chi connectivity index (χ1v) is 9.02. The quantitative estimate of drug-likeness (QED) is 0.842. The van der Waals surface area contributed by atoms with Crippen LogP contribution in [-0.4, -0.2) is 28.8 Å². The highest BCUT2D eigenvalue weighted by molar-refractivity contribution is 5.93. The van der Waals surface area contributed by atoms with Gasteiger partial charge < -0.3 is 10.6 Å². The molecule has 2 N–H and O–H groups in total. The molecule has 2 heterocycles. The Bertz CT molecular complexity index is 707. The van der Waals surface area contributed by atoms with Gasteiger partial charge in [0.25, 0.3) is 0 Å². The first kappa shape index (κ1) is 19.7. The first-order valence-electron chi connectivity index (χ1n) is 9.02. The number of hydrogen-bond acceptors (Lipinski definition) is 3. The number of halogens is 1. The van der Waals surface area contributed by atoms with E-state index in [-0.39, 0.29) is 18.3 Å². The van der Waals surface area contributed by atoms with Crippen molar-refractivity contribution in [3.8, 4) is 0 Å². The number of fused-ring (bicyclic) bond motifs is 1. The maximum atomic E-state index is 12.4. The van der Waals surface area contributed by atoms with Gasteiger partial charge in [-0.05, 0) is 69.8 Å². The lowest BCUT2D eigenvalue weighted by Gasteiger charge is -2.28. The molecule has 0 saturated carbocycles. The zero-order chi connectivity index (χ0) is 17.1. The molecule has 0 radical (unpaired) electrons. The molecule has 1 saturated heterocycles. The van der Waals surface area contributed by atoms with Crippen molar-refractivity contribution in [1.82, 2.24) is 15.1 Å². The molecule has 138 valence electrons. The van der Waals surface area contributed by atoms with Crippen molar-refractivity contribution in [3.63, 3.8) is 0 Å². The van der Waals surface area contributed by atoms with Crippen LogP contribution in [0.4, 0.5) is 5.69 Å². The average Bonchev–Trinajstić information content (AvgIpc) is 2.99. The van der Waals surface area contributed by atoms with Gasteiger partial charge in [-0.15, -0.1) is 12.4 Å². The van der Waals surface area contributed by atoms with Crippen LogP contribution in [0, 0.1) is 11.8 Å². The fraction of sp³-hybridized carbons (Fsp3) is 0.579. The predicted molar refractivity (Wildman–Crippen MR) is 105 cm³/mol. The SMILES string of the molecule is CC(CC(=O)Nc1ccc2cnn(C(C)C)c2c1)C1CCCNC1.Cl. The zero-order valence-electron chi connectivity index (χ0n) is 15.3. The molecule has 1 aromatic heterocycles. The molecule has 2 unspecified atom stereocenters. The third-order valence-electron chi connectivity index (χ3n) is 5.02. The number of aromatic nitrogens is 2. The number of amides is 1. The van der Waals surface area contributed by atoms with Gasteiger partial charge in [-0.25, -0.2) is 0 Å². The van der Waals surface area contributed by atoms with Gasteiger partial charge in [-0.1, -0.05) is 6.92 Å². The second kappa shape index (κ2) is 8.68. The molecule has 2 aromatic rings. The predicted octanol–water partition coefficient (Wildman–Crippen LogP) is 4.00. The van der Waals surface area contributed by atoms with Crippen LogP contribution in [0.5, 0.6) is 0 Å². The maximum absolute atomic E-state index is 12.4. The number of nitrogens with zero attached hydrogens (tertiary/aromatic N) is 2. The summed E-state index contributed by atoms with van der Waals surface area (Å²) in [6, 6.07) is 6.30. The molecule has 5 nitrogen and oxygen atoms in total. The molecule has 1 amide bonds. The van der Waals surface area contributed by atoms with Gasteiger partial charge >= 0.3 is 0 Å². The minimum absolute atomic E-state index is 0. The summed E-state index contributed by atoms with van der Waals surface area (Å²) in [5, 5.41) is 12.0. The number of carbonyl (C=O) groups is 1. The molecule has 1 aliphatic heterocycles. The summed E-state index contributed by atoms with van der Waals surface area (Å²) in [7, 11) is 0. The lowest BCUT2D eigenvalue weighted by Crippen LogP contribution is -2.34. The molecule has 25 heavy (non-hydrogen) atoms. The van der Waals surface area contributed by atoms with E-state index in [0.717, 1.165) is 29.7 Å². The average molecular weight is 365 g/mol. The summed E-state index contributed by atoms with van der Waals surface area (Å²) < 4.78 is 1.99. The van der Waals surface area contributed by atoms with Crippen LogP contribution in [0.3, 0.4) is 0 Å². The highest BCUT2D eigenvalue weighted by Gasteiger charge is 2.22. The maximum Gasteiger partial charge on any atom is 0.224 e. The minimum atomic E-state index is 0. The largest absolute Gasteiger partial charge is 0.326 e. The number of benzene rings is 1. The van der Waals surface area contributed by atoms with Crippen molar-refractivity contribution in [2.45, 2.75) is 46.1 Å². The summed E-state index contributed by atoms with van der Waals surface area (Å²) in [6.45, 7) is 8.55. The molecule has 1 aliphatic rings. The van der Waals surface area contributed by atoms with Crippen LogP contribution in [0.1, 0.15) is 46.1 Å². The second-order valence-electron chi connectivity index (χ2n) is 7.29. The van der Waals surface area contributed by atoms with E-state index >= 15 is 0 Å². The summed E-state index contributed by atoms with van der Waals surface area (Å²) in [5.41, 5.74) is 1.91. The molecular weight excluding hydrogens is 336 g/mol. The Labute approximate surface area is 156 Å². The van der Waals surface area contributed by atoms with E-state index in [1.807, 2.05) is 29.1 Å². The number of anilines is 1. The van der Waals surface area contributed by atoms with Crippen molar-refractivity contribution in [3.05, 3.63) is 24.4 Å². The minimum Gasteiger partial charge on any atom is -0.326 e. The Morgan fingerprint density at radius 2 is 2.20 bits per heavy atom. The molecule has 0 bridgehead atoms. The Morgan fingerprint density at radius 3 is 2.88 bits per heavy atom. The molecule has 0 aliphatic carbocycles. The fourth-order valence-corrected chi connectivity index (χ4v) is 3.56. The summed E-state index contributed by atoms with van der Waals surface area (Å²) in [6.07, 6.45) is 4.89. The van der Waals surface area contributed by atoms with Gasteiger partial charge in [-0.2, -0.15) is 5.10 Å². The van der Waals surface area contributed by atoms with E-state index < -0.39 is 0 Å². The Kier molecular flexibility index (Phi) is 6.85. The monoisotopic (exact) mass is 364 g/mol. The highest BCUT2D eigenvalue weighted by atomic mass is 35.5. The van der Waals surface area contributed by atoms with Crippen molar-refractivity contribution in [2.24, 2.45) is 11.8 Å². The molecule has 6 heteroatoms. The standard InChI is InChI=1S/C19H28N4O.ClH/c1-13(2)23-18-10-17(7-6-16(18)12-21-23)22-19(24)9-14(3)15-5-4-8-20-11-15;/h6-7,10,12-15,20H,4-5,8-9,11H2,1-3H3,(H,22,24);1H. The van der Waals surface area contributed by atoms with E-state index in [1.165, 1.54) is 12.8 Å². The summed E-state index contributed by atoms with van der Waals surface area (Å²) in [4.78, 5) is 12.4. The number of rotatable bonds is 5. The number of nitrogens with one attached hydrogen (secondary N) is 2. The van der Waals surface area contributed by atoms with Crippen LogP contribution in [0.2, 0.25) is 0 Å².